The van der Waals surface area contributed by atoms with Crippen molar-refractivity contribution in [3.05, 3.63) is 47.7 Å². The average molecular weight is 213 g/mol. The second-order valence-electron chi connectivity index (χ2n) is 4.10. The Balaban J connectivity index is 2.57. The summed E-state index contributed by atoms with van der Waals surface area (Å²) in [6.45, 7) is 7.68. The molecule has 0 saturated heterocycles. The molecule has 1 heterocycles. The highest BCUT2D eigenvalue weighted by atomic mass is 15.0. The molecule has 2 rings (SSSR count). The molecule has 0 spiro atoms. The van der Waals surface area contributed by atoms with Gasteiger partial charge in [-0.1, -0.05) is 37.3 Å². The molecule has 16 heavy (non-hydrogen) atoms. The maximum absolute atomic E-state index is 2.40. The van der Waals surface area contributed by atoms with Gasteiger partial charge in [0.1, 0.15) is 0 Å². The summed E-state index contributed by atoms with van der Waals surface area (Å²) in [7, 11) is 0. The number of nitrogens with zero attached hydrogens (tertiary/aromatic N) is 1. The predicted molar refractivity (Wildman–Crippen MR) is 69.7 cm³/mol. The van der Waals surface area contributed by atoms with Crippen LogP contribution < -0.4 is 0 Å². The van der Waals surface area contributed by atoms with Gasteiger partial charge in [0.15, 0.2) is 0 Å². The van der Waals surface area contributed by atoms with Crippen molar-refractivity contribution in [3.63, 3.8) is 0 Å². The zero-order chi connectivity index (χ0) is 11.5. The van der Waals surface area contributed by atoms with Crippen LogP contribution in [-0.4, -0.2) is 4.57 Å². The van der Waals surface area contributed by atoms with Crippen LogP contribution in [0.5, 0.6) is 0 Å². The monoisotopic (exact) mass is 213 g/mol. The molecule has 0 bridgehead atoms. The van der Waals surface area contributed by atoms with Gasteiger partial charge in [0.2, 0.25) is 0 Å². The van der Waals surface area contributed by atoms with Gasteiger partial charge in [-0.3, -0.25) is 0 Å². The zero-order valence-electron chi connectivity index (χ0n) is 10.3. The standard InChI is InChI=1S/C15H19N/c1-4-13-11-15(16(5-2)12(13)3)14-9-7-6-8-10-14/h6-11H,4-5H2,1-3H3. The van der Waals surface area contributed by atoms with Gasteiger partial charge < -0.3 is 4.57 Å². The van der Waals surface area contributed by atoms with E-state index >= 15 is 0 Å². The minimum Gasteiger partial charge on any atom is -0.345 e. The first kappa shape index (κ1) is 11.0. The number of benzene rings is 1. The third kappa shape index (κ3) is 1.78. The molecule has 2 aromatic rings. The average Bonchev–Trinajstić information content (AvgIpc) is 2.66. The van der Waals surface area contributed by atoms with Gasteiger partial charge in [0, 0.05) is 17.9 Å². The highest BCUT2D eigenvalue weighted by Crippen LogP contribution is 2.25. The van der Waals surface area contributed by atoms with Gasteiger partial charge in [-0.2, -0.15) is 0 Å². The third-order valence-electron chi connectivity index (χ3n) is 3.24. The predicted octanol–water partition coefficient (Wildman–Crippen LogP) is 4.05. The first-order valence-electron chi connectivity index (χ1n) is 6.02. The minimum absolute atomic E-state index is 1.04. The highest BCUT2D eigenvalue weighted by Gasteiger charge is 2.10. The number of rotatable bonds is 3. The van der Waals surface area contributed by atoms with Crippen LogP contribution in [0.3, 0.4) is 0 Å². The van der Waals surface area contributed by atoms with Gasteiger partial charge in [-0.25, -0.2) is 0 Å². The Kier molecular flexibility index (Phi) is 3.14. The lowest BCUT2D eigenvalue weighted by Gasteiger charge is -2.08. The molecule has 0 aliphatic heterocycles. The van der Waals surface area contributed by atoms with Crippen LogP contribution in [0.1, 0.15) is 25.1 Å². The molecule has 0 saturated carbocycles. The highest BCUT2D eigenvalue weighted by molar-refractivity contribution is 5.62. The fourth-order valence-electron chi connectivity index (χ4n) is 2.31. The van der Waals surface area contributed by atoms with Crippen LogP contribution in [-0.2, 0) is 13.0 Å². The molecular formula is C15H19N. The van der Waals surface area contributed by atoms with Gasteiger partial charge in [0.25, 0.3) is 0 Å². The number of aryl methyl sites for hydroxylation is 1. The van der Waals surface area contributed by atoms with Gasteiger partial charge >= 0.3 is 0 Å². The fourth-order valence-corrected chi connectivity index (χ4v) is 2.31. The number of hydrogen-bond acceptors (Lipinski definition) is 0. The summed E-state index contributed by atoms with van der Waals surface area (Å²) in [5, 5.41) is 0. The van der Waals surface area contributed by atoms with Crippen LogP contribution in [0.2, 0.25) is 0 Å². The summed E-state index contributed by atoms with van der Waals surface area (Å²) in [5.41, 5.74) is 5.52. The van der Waals surface area contributed by atoms with Gasteiger partial charge in [-0.15, -0.1) is 0 Å². The quantitative estimate of drug-likeness (QED) is 0.725. The smallest absolute Gasteiger partial charge is 0.0485 e. The maximum Gasteiger partial charge on any atom is 0.0485 e. The number of hydrogen-bond donors (Lipinski definition) is 0. The minimum atomic E-state index is 1.04. The van der Waals surface area contributed by atoms with Crippen molar-refractivity contribution >= 4 is 0 Å². The van der Waals surface area contributed by atoms with E-state index in [0.29, 0.717) is 0 Å². The Bertz CT molecular complexity index is 466. The van der Waals surface area contributed by atoms with Crippen LogP contribution in [0.25, 0.3) is 11.3 Å². The van der Waals surface area contributed by atoms with Crippen LogP contribution >= 0.6 is 0 Å². The van der Waals surface area contributed by atoms with E-state index in [1.165, 1.54) is 22.5 Å². The molecule has 0 unspecified atom stereocenters. The summed E-state index contributed by atoms with van der Waals surface area (Å²) in [5.74, 6) is 0. The Morgan fingerprint density at radius 3 is 2.31 bits per heavy atom. The summed E-state index contributed by atoms with van der Waals surface area (Å²) in [6, 6.07) is 13.0. The topological polar surface area (TPSA) is 4.93 Å². The van der Waals surface area contributed by atoms with E-state index < -0.39 is 0 Å². The molecule has 1 aromatic heterocycles. The molecule has 1 aromatic carbocycles. The molecular weight excluding hydrogens is 194 g/mol. The lowest BCUT2D eigenvalue weighted by atomic mass is 10.1. The summed E-state index contributed by atoms with van der Waals surface area (Å²) in [4.78, 5) is 0. The van der Waals surface area contributed by atoms with E-state index in [9.17, 15) is 0 Å². The second kappa shape index (κ2) is 4.56. The molecule has 0 N–H and O–H groups in total. The van der Waals surface area contributed by atoms with Crippen molar-refractivity contribution in [1.29, 1.82) is 0 Å². The molecule has 0 fully saturated rings. The lowest BCUT2D eigenvalue weighted by Crippen LogP contribution is -1.99. The van der Waals surface area contributed by atoms with E-state index in [0.717, 1.165) is 13.0 Å². The third-order valence-corrected chi connectivity index (χ3v) is 3.24. The summed E-state index contributed by atoms with van der Waals surface area (Å²) >= 11 is 0. The molecule has 0 aliphatic carbocycles. The van der Waals surface area contributed by atoms with Crippen molar-refractivity contribution in [2.24, 2.45) is 0 Å². The summed E-state index contributed by atoms with van der Waals surface area (Å²) in [6.07, 6.45) is 1.11. The molecule has 1 heteroatoms. The Morgan fingerprint density at radius 2 is 1.75 bits per heavy atom. The maximum atomic E-state index is 2.40. The van der Waals surface area contributed by atoms with Gasteiger partial charge in [-0.05, 0) is 37.5 Å². The molecule has 84 valence electrons. The van der Waals surface area contributed by atoms with E-state index in [1.807, 2.05) is 0 Å². The van der Waals surface area contributed by atoms with Crippen LogP contribution in [0.4, 0.5) is 0 Å². The zero-order valence-corrected chi connectivity index (χ0v) is 10.3. The van der Waals surface area contributed by atoms with E-state index in [4.69, 9.17) is 0 Å². The van der Waals surface area contributed by atoms with Crippen molar-refractivity contribution in [1.82, 2.24) is 4.57 Å². The summed E-state index contributed by atoms with van der Waals surface area (Å²) < 4.78 is 2.40. The van der Waals surface area contributed by atoms with Crippen molar-refractivity contribution < 1.29 is 0 Å². The second-order valence-corrected chi connectivity index (χ2v) is 4.10. The Labute approximate surface area is 97.7 Å². The first-order valence-corrected chi connectivity index (χ1v) is 6.02. The largest absolute Gasteiger partial charge is 0.345 e. The Hall–Kier alpha value is -1.50. The van der Waals surface area contributed by atoms with Crippen molar-refractivity contribution in [3.8, 4) is 11.3 Å². The first-order chi connectivity index (χ1) is 7.77. The van der Waals surface area contributed by atoms with Crippen LogP contribution in [0.15, 0.2) is 36.4 Å². The van der Waals surface area contributed by atoms with E-state index in [-0.39, 0.29) is 0 Å². The van der Waals surface area contributed by atoms with E-state index in [1.54, 1.807) is 0 Å². The van der Waals surface area contributed by atoms with Gasteiger partial charge in [0.05, 0.1) is 0 Å². The van der Waals surface area contributed by atoms with E-state index in [2.05, 4.69) is 61.7 Å². The normalized spacial score (nSPS) is 10.7. The lowest BCUT2D eigenvalue weighted by molar-refractivity contribution is 0.745. The van der Waals surface area contributed by atoms with Crippen molar-refractivity contribution in [2.45, 2.75) is 33.7 Å². The van der Waals surface area contributed by atoms with Crippen molar-refractivity contribution in [2.75, 3.05) is 0 Å². The van der Waals surface area contributed by atoms with Crippen LogP contribution in [0, 0.1) is 6.92 Å². The molecule has 0 radical (unpaired) electrons. The molecule has 0 aliphatic rings. The number of aromatic nitrogens is 1. The SMILES string of the molecule is CCc1cc(-c2ccccc2)n(CC)c1C. The molecule has 0 atom stereocenters. The Morgan fingerprint density at radius 1 is 1.06 bits per heavy atom. The fraction of sp³-hybridized carbons (Fsp3) is 0.333. The molecule has 1 nitrogen and oxygen atoms in total. The molecule has 0 amide bonds.